The Morgan fingerprint density at radius 3 is 2.40 bits per heavy atom. The molecule has 0 fully saturated rings. The summed E-state index contributed by atoms with van der Waals surface area (Å²) >= 11 is 12.3. The number of halogens is 2. The predicted molar refractivity (Wildman–Crippen MR) is 102 cm³/mol. The average Bonchev–Trinajstić information content (AvgIpc) is 2.59. The Balaban J connectivity index is 1.75. The van der Waals surface area contributed by atoms with Crippen molar-refractivity contribution in [3.05, 3.63) is 63.6 Å². The summed E-state index contributed by atoms with van der Waals surface area (Å²) in [6.45, 7) is 2.90. The zero-order valence-corrected chi connectivity index (χ0v) is 15.6. The summed E-state index contributed by atoms with van der Waals surface area (Å²) < 4.78 is 5.75. The van der Waals surface area contributed by atoms with E-state index in [4.69, 9.17) is 33.7 Å². The van der Waals surface area contributed by atoms with Crippen LogP contribution < -0.4 is 15.8 Å². The van der Waals surface area contributed by atoms with Crippen molar-refractivity contribution in [3.8, 4) is 5.75 Å². The summed E-state index contributed by atoms with van der Waals surface area (Å²) in [5.74, 6) is 0.440. The zero-order chi connectivity index (χ0) is 18.2. The highest BCUT2D eigenvalue weighted by Gasteiger charge is 2.07. The molecule has 2 aromatic carbocycles. The first-order valence-electron chi connectivity index (χ1n) is 8.14. The van der Waals surface area contributed by atoms with Crippen molar-refractivity contribution in [1.29, 1.82) is 0 Å². The van der Waals surface area contributed by atoms with Crippen molar-refractivity contribution >= 4 is 29.1 Å². The maximum Gasteiger partial charge on any atom is 0.234 e. The Bertz CT molecular complexity index is 685. The molecule has 6 heteroatoms. The molecular weight excluding hydrogens is 359 g/mol. The molecule has 4 nitrogen and oxygen atoms in total. The second-order valence-electron chi connectivity index (χ2n) is 5.80. The van der Waals surface area contributed by atoms with E-state index in [2.05, 4.69) is 5.32 Å². The minimum atomic E-state index is -0.362. The second kappa shape index (κ2) is 9.66. The van der Waals surface area contributed by atoms with Gasteiger partial charge in [-0.05, 0) is 55.2 Å². The van der Waals surface area contributed by atoms with Gasteiger partial charge in [-0.2, -0.15) is 0 Å². The first kappa shape index (κ1) is 19.6. The SMILES string of the molecule is CC(NCc1ccc(OCCCc2c(Cl)cccc2Cl)cc1)C(N)=O. The normalized spacial score (nSPS) is 12.0. The monoisotopic (exact) mass is 380 g/mol. The van der Waals surface area contributed by atoms with Gasteiger partial charge in [-0.1, -0.05) is 41.4 Å². The number of carbonyl (C=O) groups excluding carboxylic acids is 1. The molecule has 0 radical (unpaired) electrons. The van der Waals surface area contributed by atoms with Gasteiger partial charge in [-0.15, -0.1) is 0 Å². The number of nitrogens with one attached hydrogen (secondary N) is 1. The van der Waals surface area contributed by atoms with Gasteiger partial charge in [0.15, 0.2) is 0 Å². The molecule has 0 aliphatic rings. The molecule has 0 heterocycles. The fraction of sp³-hybridized carbons (Fsp3) is 0.316. The minimum absolute atomic E-state index is 0.354. The number of hydrogen-bond acceptors (Lipinski definition) is 3. The lowest BCUT2D eigenvalue weighted by Gasteiger charge is -2.11. The third-order valence-corrected chi connectivity index (χ3v) is 4.57. The Morgan fingerprint density at radius 2 is 1.80 bits per heavy atom. The zero-order valence-electron chi connectivity index (χ0n) is 14.1. The van der Waals surface area contributed by atoms with E-state index in [1.807, 2.05) is 42.5 Å². The van der Waals surface area contributed by atoms with Gasteiger partial charge in [0.2, 0.25) is 5.91 Å². The molecule has 1 amide bonds. The number of hydrogen-bond donors (Lipinski definition) is 2. The molecule has 2 aromatic rings. The summed E-state index contributed by atoms with van der Waals surface area (Å²) in [7, 11) is 0. The summed E-state index contributed by atoms with van der Waals surface area (Å²) in [5.41, 5.74) is 7.23. The Hall–Kier alpha value is -1.75. The van der Waals surface area contributed by atoms with Crippen LogP contribution in [-0.4, -0.2) is 18.6 Å². The number of amides is 1. The number of benzene rings is 2. The van der Waals surface area contributed by atoms with Crippen LogP contribution >= 0.6 is 23.2 Å². The maximum absolute atomic E-state index is 11.0. The van der Waals surface area contributed by atoms with Crippen molar-refractivity contribution < 1.29 is 9.53 Å². The molecule has 1 unspecified atom stereocenters. The van der Waals surface area contributed by atoms with E-state index in [0.29, 0.717) is 23.2 Å². The first-order valence-corrected chi connectivity index (χ1v) is 8.90. The van der Waals surface area contributed by atoms with Crippen LogP contribution in [0.1, 0.15) is 24.5 Å². The molecule has 0 spiro atoms. The summed E-state index contributed by atoms with van der Waals surface area (Å²) in [5, 5.41) is 4.44. The van der Waals surface area contributed by atoms with E-state index in [1.54, 1.807) is 6.92 Å². The van der Waals surface area contributed by atoms with E-state index >= 15 is 0 Å². The molecule has 25 heavy (non-hydrogen) atoms. The van der Waals surface area contributed by atoms with Gasteiger partial charge in [0.25, 0.3) is 0 Å². The molecular formula is C19H22Cl2N2O2. The third-order valence-electron chi connectivity index (χ3n) is 3.86. The molecule has 0 aliphatic heterocycles. The fourth-order valence-electron chi connectivity index (χ4n) is 2.29. The molecule has 0 saturated carbocycles. The highest BCUT2D eigenvalue weighted by atomic mass is 35.5. The number of nitrogens with two attached hydrogens (primary N) is 1. The van der Waals surface area contributed by atoms with Crippen LogP contribution in [0, 0.1) is 0 Å². The predicted octanol–water partition coefficient (Wildman–Crippen LogP) is 3.97. The minimum Gasteiger partial charge on any atom is -0.494 e. The Morgan fingerprint density at radius 1 is 1.16 bits per heavy atom. The van der Waals surface area contributed by atoms with Gasteiger partial charge >= 0.3 is 0 Å². The molecule has 3 N–H and O–H groups in total. The Labute approximate surface area is 158 Å². The van der Waals surface area contributed by atoms with E-state index in [-0.39, 0.29) is 11.9 Å². The molecule has 0 saturated heterocycles. The van der Waals surface area contributed by atoms with Crippen molar-refractivity contribution in [2.45, 2.75) is 32.4 Å². The topological polar surface area (TPSA) is 64.3 Å². The smallest absolute Gasteiger partial charge is 0.234 e. The van der Waals surface area contributed by atoms with Crippen LogP contribution in [0.4, 0.5) is 0 Å². The van der Waals surface area contributed by atoms with Gasteiger partial charge in [0.1, 0.15) is 5.75 Å². The molecule has 2 rings (SSSR count). The quantitative estimate of drug-likeness (QED) is 0.646. The van der Waals surface area contributed by atoms with E-state index < -0.39 is 0 Å². The van der Waals surface area contributed by atoms with Crippen molar-refractivity contribution in [3.63, 3.8) is 0 Å². The van der Waals surface area contributed by atoms with Gasteiger partial charge < -0.3 is 15.8 Å². The van der Waals surface area contributed by atoms with Crippen LogP contribution in [-0.2, 0) is 17.8 Å². The largest absolute Gasteiger partial charge is 0.494 e. The van der Waals surface area contributed by atoms with Crippen molar-refractivity contribution in [2.75, 3.05) is 6.61 Å². The van der Waals surface area contributed by atoms with Gasteiger partial charge in [0, 0.05) is 16.6 Å². The first-order chi connectivity index (χ1) is 12.0. The molecule has 0 bridgehead atoms. The fourth-order valence-corrected chi connectivity index (χ4v) is 2.87. The standard InChI is InChI=1S/C19H22Cl2N2O2/c1-13(19(22)24)23-12-14-7-9-15(10-8-14)25-11-3-4-16-17(20)5-2-6-18(16)21/h2,5-10,13,23H,3-4,11-12H2,1H3,(H2,22,24). The molecule has 1 atom stereocenters. The number of carbonyl (C=O) groups is 1. The summed E-state index contributed by atoms with van der Waals surface area (Å²) in [6, 6.07) is 12.9. The summed E-state index contributed by atoms with van der Waals surface area (Å²) in [4.78, 5) is 11.0. The van der Waals surface area contributed by atoms with Crippen LogP contribution in [0.15, 0.2) is 42.5 Å². The highest BCUT2D eigenvalue weighted by molar-refractivity contribution is 6.35. The number of rotatable bonds is 9. The molecule has 0 aliphatic carbocycles. The van der Waals surface area contributed by atoms with Crippen molar-refractivity contribution in [2.24, 2.45) is 5.73 Å². The average molecular weight is 381 g/mol. The van der Waals surface area contributed by atoms with Crippen LogP contribution in [0.2, 0.25) is 10.0 Å². The lowest BCUT2D eigenvalue weighted by molar-refractivity contribution is -0.119. The number of ether oxygens (including phenoxy) is 1. The van der Waals surface area contributed by atoms with E-state index in [1.165, 1.54) is 0 Å². The third kappa shape index (κ3) is 6.24. The van der Waals surface area contributed by atoms with E-state index in [0.717, 1.165) is 29.7 Å². The maximum atomic E-state index is 11.0. The van der Waals surface area contributed by atoms with Crippen molar-refractivity contribution in [1.82, 2.24) is 5.32 Å². The lowest BCUT2D eigenvalue weighted by atomic mass is 10.1. The van der Waals surface area contributed by atoms with E-state index in [9.17, 15) is 4.79 Å². The van der Waals surface area contributed by atoms with Gasteiger partial charge in [-0.3, -0.25) is 4.79 Å². The van der Waals surface area contributed by atoms with Gasteiger partial charge in [0.05, 0.1) is 12.6 Å². The summed E-state index contributed by atoms with van der Waals surface area (Å²) in [6.07, 6.45) is 1.59. The highest BCUT2D eigenvalue weighted by Crippen LogP contribution is 2.25. The van der Waals surface area contributed by atoms with Crippen LogP contribution in [0.25, 0.3) is 0 Å². The second-order valence-corrected chi connectivity index (χ2v) is 6.62. The lowest BCUT2D eigenvalue weighted by Crippen LogP contribution is -2.38. The van der Waals surface area contributed by atoms with Crippen LogP contribution in [0.3, 0.4) is 0 Å². The molecule has 0 aromatic heterocycles. The molecule has 134 valence electrons. The number of primary amides is 1. The van der Waals surface area contributed by atoms with Gasteiger partial charge in [-0.25, -0.2) is 0 Å². The van der Waals surface area contributed by atoms with Crippen LogP contribution in [0.5, 0.6) is 5.75 Å². The Kier molecular flexibility index (Phi) is 7.56.